The van der Waals surface area contributed by atoms with Crippen LogP contribution in [0.3, 0.4) is 0 Å². The summed E-state index contributed by atoms with van der Waals surface area (Å²) >= 11 is 0. The molecule has 1 aromatic heterocycles. The summed E-state index contributed by atoms with van der Waals surface area (Å²) in [6.45, 7) is 0. The zero-order chi connectivity index (χ0) is 9.14. The lowest BCUT2D eigenvalue weighted by Crippen LogP contribution is -2.15. The topological polar surface area (TPSA) is 119 Å². The number of amides is 1. The molecule has 64 valence electrons. The van der Waals surface area contributed by atoms with E-state index >= 15 is 0 Å². The van der Waals surface area contributed by atoms with Gasteiger partial charge < -0.3 is 10.7 Å². The summed E-state index contributed by atoms with van der Waals surface area (Å²) in [5.41, 5.74) is 4.80. The molecule has 0 spiro atoms. The molecule has 0 unspecified atom stereocenters. The van der Waals surface area contributed by atoms with E-state index in [0.29, 0.717) is 0 Å². The minimum atomic E-state index is -2.52. The number of aromatic nitrogens is 3. The molecule has 3 N–H and O–H groups in total. The number of rotatable bonds is 1. The van der Waals surface area contributed by atoms with Gasteiger partial charge in [-0.1, -0.05) is 0 Å². The molecular formula is C4H4N4O3S. The van der Waals surface area contributed by atoms with E-state index in [-0.39, 0.29) is 10.6 Å². The predicted molar refractivity (Wildman–Crippen MR) is 37.1 cm³/mol. The maximum atomic E-state index is 10.5. The molecular weight excluding hydrogens is 184 g/mol. The van der Waals surface area contributed by atoms with E-state index in [1.54, 1.807) is 0 Å². The van der Waals surface area contributed by atoms with E-state index in [0.717, 1.165) is 6.33 Å². The van der Waals surface area contributed by atoms with Crippen molar-refractivity contribution >= 4 is 16.2 Å². The van der Waals surface area contributed by atoms with E-state index < -0.39 is 16.2 Å². The van der Waals surface area contributed by atoms with Crippen LogP contribution in [-0.2, 0) is 10.3 Å². The number of hydrogen-bond acceptors (Lipinski definition) is 5. The molecule has 0 aliphatic rings. The molecule has 1 heterocycles. The fourth-order valence-corrected chi connectivity index (χ4v) is 0.820. The summed E-state index contributed by atoms with van der Waals surface area (Å²) in [6.07, 6.45) is 1.03. The summed E-state index contributed by atoms with van der Waals surface area (Å²) in [7, 11) is -2.52. The SMILES string of the molecule is NC(=O)c1nc[nH]c(=S(=O)=O)n1. The average molecular weight is 188 g/mol. The van der Waals surface area contributed by atoms with Crippen LogP contribution in [0.15, 0.2) is 6.33 Å². The smallest absolute Gasteiger partial charge is 0.286 e. The zero-order valence-electron chi connectivity index (χ0n) is 5.68. The Bertz CT molecular complexity index is 465. The van der Waals surface area contributed by atoms with Gasteiger partial charge >= 0.3 is 0 Å². The van der Waals surface area contributed by atoms with Crippen LogP contribution in [0.4, 0.5) is 0 Å². The normalized spacial score (nSPS) is 9.33. The van der Waals surface area contributed by atoms with E-state index in [4.69, 9.17) is 5.73 Å². The number of carbonyl (C=O) groups excluding carboxylic acids is 1. The van der Waals surface area contributed by atoms with Crippen molar-refractivity contribution in [2.75, 3.05) is 0 Å². The Labute approximate surface area is 67.8 Å². The van der Waals surface area contributed by atoms with Gasteiger partial charge in [-0.05, 0) is 0 Å². The molecule has 1 rings (SSSR count). The second-order valence-corrected chi connectivity index (χ2v) is 2.60. The highest BCUT2D eigenvalue weighted by molar-refractivity contribution is 7.63. The lowest BCUT2D eigenvalue weighted by molar-refractivity contribution is 0.0990. The molecule has 8 heteroatoms. The molecule has 0 aliphatic carbocycles. The Morgan fingerprint density at radius 1 is 1.58 bits per heavy atom. The van der Waals surface area contributed by atoms with Gasteiger partial charge in [0.25, 0.3) is 21.0 Å². The van der Waals surface area contributed by atoms with Crippen molar-refractivity contribution in [3.05, 3.63) is 16.9 Å². The first-order chi connectivity index (χ1) is 5.61. The molecule has 12 heavy (non-hydrogen) atoms. The molecule has 0 aliphatic heterocycles. The van der Waals surface area contributed by atoms with Gasteiger partial charge in [0.2, 0.25) is 5.82 Å². The second-order valence-electron chi connectivity index (χ2n) is 1.74. The molecule has 0 saturated carbocycles. The first-order valence-electron chi connectivity index (χ1n) is 2.75. The molecule has 0 bridgehead atoms. The number of hydrogen-bond donors (Lipinski definition) is 2. The molecule has 0 fully saturated rings. The lowest BCUT2D eigenvalue weighted by atomic mass is 10.6. The van der Waals surface area contributed by atoms with Crippen LogP contribution in [0.1, 0.15) is 10.6 Å². The van der Waals surface area contributed by atoms with E-state index in [2.05, 4.69) is 15.0 Å². The summed E-state index contributed by atoms with van der Waals surface area (Å²) in [6, 6.07) is 0. The number of H-pyrrole nitrogens is 1. The first-order valence-corrected chi connectivity index (χ1v) is 3.82. The van der Waals surface area contributed by atoms with Gasteiger partial charge in [-0.25, -0.2) is 4.98 Å². The Morgan fingerprint density at radius 2 is 2.25 bits per heavy atom. The number of carbonyl (C=O) groups is 1. The van der Waals surface area contributed by atoms with E-state index in [9.17, 15) is 13.2 Å². The van der Waals surface area contributed by atoms with Crippen LogP contribution in [-0.4, -0.2) is 29.3 Å². The Hall–Kier alpha value is -1.70. The van der Waals surface area contributed by atoms with Crippen LogP contribution in [0, 0.1) is 4.77 Å². The largest absolute Gasteiger partial charge is 0.363 e. The van der Waals surface area contributed by atoms with E-state index in [1.807, 2.05) is 0 Å². The highest BCUT2D eigenvalue weighted by atomic mass is 32.2. The quantitative estimate of drug-likeness (QED) is 0.510. The second kappa shape index (κ2) is 3.13. The summed E-state index contributed by atoms with van der Waals surface area (Å²) in [5.74, 6) is -1.22. The Kier molecular flexibility index (Phi) is 2.19. The van der Waals surface area contributed by atoms with Crippen molar-refractivity contribution in [1.29, 1.82) is 0 Å². The zero-order valence-corrected chi connectivity index (χ0v) is 6.50. The Balaban J connectivity index is 3.53. The van der Waals surface area contributed by atoms with Gasteiger partial charge in [0, 0.05) is 0 Å². The highest BCUT2D eigenvalue weighted by Gasteiger charge is 2.01. The number of nitrogens with two attached hydrogens (primary N) is 1. The van der Waals surface area contributed by atoms with Gasteiger partial charge in [0.1, 0.15) is 0 Å². The van der Waals surface area contributed by atoms with Crippen molar-refractivity contribution in [3.63, 3.8) is 0 Å². The minimum Gasteiger partial charge on any atom is -0.363 e. The lowest BCUT2D eigenvalue weighted by Gasteiger charge is -1.88. The number of nitrogens with one attached hydrogen (secondary N) is 1. The standard InChI is InChI=1S/C4H4N4O3S/c5-2(9)3-6-1-7-4(8-3)12(10)11/h1H,(H2,5,9)(H,6,7,8). The van der Waals surface area contributed by atoms with Crippen molar-refractivity contribution in [2.24, 2.45) is 5.73 Å². The van der Waals surface area contributed by atoms with E-state index in [1.165, 1.54) is 0 Å². The number of nitrogens with zero attached hydrogens (tertiary/aromatic N) is 2. The van der Waals surface area contributed by atoms with Crippen LogP contribution >= 0.6 is 0 Å². The molecule has 7 nitrogen and oxygen atoms in total. The van der Waals surface area contributed by atoms with Crippen LogP contribution in [0.25, 0.3) is 0 Å². The van der Waals surface area contributed by atoms with Crippen LogP contribution < -0.4 is 5.73 Å². The predicted octanol–water partition coefficient (Wildman–Crippen LogP) is -1.69. The van der Waals surface area contributed by atoms with Gasteiger partial charge in [-0.15, -0.1) is 0 Å². The number of aromatic amines is 1. The maximum absolute atomic E-state index is 10.5. The van der Waals surface area contributed by atoms with Crippen LogP contribution in [0.2, 0.25) is 0 Å². The van der Waals surface area contributed by atoms with Gasteiger partial charge in [-0.3, -0.25) is 4.79 Å². The van der Waals surface area contributed by atoms with Gasteiger partial charge in [0.05, 0.1) is 6.33 Å². The van der Waals surface area contributed by atoms with Gasteiger partial charge in [-0.2, -0.15) is 13.4 Å². The number of primary amides is 1. The first kappa shape index (κ1) is 8.40. The third-order valence-corrected chi connectivity index (χ3v) is 1.49. The molecule has 0 atom stereocenters. The van der Waals surface area contributed by atoms with Crippen molar-refractivity contribution < 1.29 is 13.2 Å². The van der Waals surface area contributed by atoms with Crippen molar-refractivity contribution in [1.82, 2.24) is 15.0 Å². The van der Waals surface area contributed by atoms with Crippen molar-refractivity contribution in [2.45, 2.75) is 0 Å². The monoisotopic (exact) mass is 188 g/mol. The molecule has 1 aromatic rings. The third-order valence-electron chi connectivity index (χ3n) is 0.961. The van der Waals surface area contributed by atoms with Crippen LogP contribution in [0.5, 0.6) is 0 Å². The maximum Gasteiger partial charge on any atom is 0.286 e. The third kappa shape index (κ3) is 1.66. The molecule has 0 aromatic carbocycles. The molecule has 0 radical (unpaired) electrons. The van der Waals surface area contributed by atoms with Gasteiger partial charge in [0.15, 0.2) is 0 Å². The molecule has 0 saturated heterocycles. The minimum absolute atomic E-state index is 0.340. The summed E-state index contributed by atoms with van der Waals surface area (Å²) in [4.78, 5) is 19.4. The fraction of sp³-hybridized carbons (Fsp3) is 0. The van der Waals surface area contributed by atoms with Crippen molar-refractivity contribution in [3.8, 4) is 0 Å². The molecule has 1 amide bonds. The average Bonchev–Trinajstić information content (AvgIpc) is 2.04. The summed E-state index contributed by atoms with van der Waals surface area (Å²) < 4.78 is 20.2. The Morgan fingerprint density at radius 3 is 2.75 bits per heavy atom. The summed E-state index contributed by atoms with van der Waals surface area (Å²) in [5, 5.41) is 0. The fourth-order valence-electron chi connectivity index (χ4n) is 0.510. The highest BCUT2D eigenvalue weighted by Crippen LogP contribution is 1.82.